The Balaban J connectivity index is 1.73. The Kier molecular flexibility index (Phi) is 3.80. The van der Waals surface area contributed by atoms with Crippen molar-refractivity contribution < 1.29 is 5.11 Å². The molecule has 0 heterocycles. The molecule has 1 nitrogen and oxygen atoms in total. The lowest BCUT2D eigenvalue weighted by Gasteiger charge is -2.27. The molecular formula is C23H24O. The van der Waals surface area contributed by atoms with Crippen LogP contribution in [-0.4, -0.2) is 5.11 Å². The second-order valence-electron chi connectivity index (χ2n) is 7.34. The van der Waals surface area contributed by atoms with E-state index in [0.29, 0.717) is 17.6 Å². The first-order chi connectivity index (χ1) is 11.6. The molecule has 1 heteroatoms. The number of phenols is 1. The van der Waals surface area contributed by atoms with Crippen LogP contribution in [0.2, 0.25) is 0 Å². The third-order valence-corrected chi connectivity index (χ3v) is 5.48. The van der Waals surface area contributed by atoms with Crippen LogP contribution < -0.4 is 0 Å². The highest BCUT2D eigenvalue weighted by Gasteiger charge is 2.23. The van der Waals surface area contributed by atoms with E-state index in [1.54, 1.807) is 0 Å². The molecule has 0 aromatic heterocycles. The Morgan fingerprint density at radius 2 is 1.58 bits per heavy atom. The second kappa shape index (κ2) is 5.98. The van der Waals surface area contributed by atoms with Crippen molar-refractivity contribution in [2.45, 2.75) is 44.9 Å². The van der Waals surface area contributed by atoms with Gasteiger partial charge < -0.3 is 5.11 Å². The molecular weight excluding hydrogens is 292 g/mol. The third kappa shape index (κ3) is 2.58. The summed E-state index contributed by atoms with van der Waals surface area (Å²) in [5.41, 5.74) is 4.92. The van der Waals surface area contributed by atoms with Gasteiger partial charge in [-0.3, -0.25) is 0 Å². The molecule has 0 spiro atoms. The average molecular weight is 316 g/mol. The molecule has 3 aromatic rings. The van der Waals surface area contributed by atoms with Gasteiger partial charge in [-0.1, -0.05) is 68.8 Å². The van der Waals surface area contributed by atoms with Crippen LogP contribution in [0.3, 0.4) is 0 Å². The summed E-state index contributed by atoms with van der Waals surface area (Å²) in [6.45, 7) is 4.43. The molecule has 1 fully saturated rings. The van der Waals surface area contributed by atoms with Crippen molar-refractivity contribution in [3.8, 4) is 16.9 Å². The number of phenolic OH excluding ortho intramolecular Hbond substituents is 1. The van der Waals surface area contributed by atoms with Crippen LogP contribution in [-0.2, 0) is 0 Å². The fourth-order valence-electron chi connectivity index (χ4n) is 3.62. The number of benzene rings is 3. The van der Waals surface area contributed by atoms with Crippen molar-refractivity contribution in [2.24, 2.45) is 0 Å². The van der Waals surface area contributed by atoms with Crippen molar-refractivity contribution in [1.82, 2.24) is 0 Å². The molecule has 0 saturated heterocycles. The number of hydrogen-bond acceptors (Lipinski definition) is 1. The van der Waals surface area contributed by atoms with E-state index in [-0.39, 0.29) is 0 Å². The zero-order chi connectivity index (χ0) is 16.7. The minimum absolute atomic E-state index is 0.485. The number of rotatable bonds is 3. The van der Waals surface area contributed by atoms with E-state index in [1.165, 1.54) is 36.0 Å². The fraction of sp³-hybridized carbons (Fsp3) is 0.304. The molecule has 0 unspecified atom stereocenters. The largest absolute Gasteiger partial charge is 0.507 e. The molecule has 0 bridgehead atoms. The molecule has 1 N–H and O–H groups in total. The van der Waals surface area contributed by atoms with Crippen LogP contribution in [0.4, 0.5) is 0 Å². The normalized spacial score (nSPS) is 15.0. The van der Waals surface area contributed by atoms with Crippen molar-refractivity contribution in [3.63, 3.8) is 0 Å². The number of fused-ring (bicyclic) bond motifs is 1. The van der Waals surface area contributed by atoms with Crippen molar-refractivity contribution in [2.75, 3.05) is 0 Å². The third-order valence-electron chi connectivity index (χ3n) is 5.48. The van der Waals surface area contributed by atoms with Crippen LogP contribution in [0.1, 0.15) is 56.1 Å². The quantitative estimate of drug-likeness (QED) is 0.577. The van der Waals surface area contributed by atoms with Gasteiger partial charge >= 0.3 is 0 Å². The van der Waals surface area contributed by atoms with E-state index in [2.05, 4.69) is 68.4 Å². The zero-order valence-electron chi connectivity index (χ0n) is 14.4. The van der Waals surface area contributed by atoms with Crippen molar-refractivity contribution in [1.29, 1.82) is 0 Å². The summed E-state index contributed by atoms with van der Waals surface area (Å²) in [6, 6.07) is 19.5. The van der Waals surface area contributed by atoms with Gasteiger partial charge in [-0.2, -0.15) is 0 Å². The monoisotopic (exact) mass is 316 g/mol. The first-order valence-electron chi connectivity index (χ1n) is 8.99. The van der Waals surface area contributed by atoms with Gasteiger partial charge in [0.2, 0.25) is 0 Å². The van der Waals surface area contributed by atoms with Gasteiger partial charge in [0, 0.05) is 5.39 Å². The Labute approximate surface area is 144 Å². The van der Waals surface area contributed by atoms with Gasteiger partial charge in [-0.05, 0) is 58.4 Å². The minimum Gasteiger partial charge on any atom is -0.507 e. The van der Waals surface area contributed by atoms with Gasteiger partial charge in [0.15, 0.2) is 0 Å². The summed E-state index contributed by atoms with van der Waals surface area (Å²) in [7, 11) is 0. The van der Waals surface area contributed by atoms with E-state index >= 15 is 0 Å². The van der Waals surface area contributed by atoms with E-state index in [4.69, 9.17) is 0 Å². The van der Waals surface area contributed by atoms with E-state index in [1.807, 2.05) is 0 Å². The first kappa shape index (κ1) is 15.3. The lowest BCUT2D eigenvalue weighted by atomic mass is 9.79. The minimum atomic E-state index is 0.485. The Morgan fingerprint density at radius 1 is 0.875 bits per heavy atom. The summed E-state index contributed by atoms with van der Waals surface area (Å²) in [5, 5.41) is 12.7. The SMILES string of the molecule is CC(C)c1ccc(-c2ccc3c(O)c(C4CCC4)ccc3c2)cc1. The highest BCUT2D eigenvalue weighted by Crippen LogP contribution is 2.43. The molecule has 0 radical (unpaired) electrons. The smallest absolute Gasteiger partial charge is 0.126 e. The molecule has 1 saturated carbocycles. The van der Waals surface area contributed by atoms with Gasteiger partial charge in [0.25, 0.3) is 0 Å². The van der Waals surface area contributed by atoms with Crippen LogP contribution in [0.15, 0.2) is 54.6 Å². The Bertz CT molecular complexity index is 870. The van der Waals surface area contributed by atoms with E-state index < -0.39 is 0 Å². The summed E-state index contributed by atoms with van der Waals surface area (Å²) in [5.74, 6) is 1.59. The molecule has 0 aliphatic heterocycles. The predicted octanol–water partition coefficient (Wildman–Crippen LogP) is 6.60. The van der Waals surface area contributed by atoms with Crippen LogP contribution in [0.25, 0.3) is 21.9 Å². The molecule has 0 amide bonds. The van der Waals surface area contributed by atoms with Crippen molar-refractivity contribution in [3.05, 3.63) is 65.7 Å². The topological polar surface area (TPSA) is 20.2 Å². The van der Waals surface area contributed by atoms with Crippen LogP contribution in [0, 0.1) is 0 Å². The molecule has 4 rings (SSSR count). The standard InChI is InChI=1S/C23H24O/c1-15(2)16-6-8-17(9-7-16)19-10-12-22-20(14-19)11-13-21(23(22)24)18-4-3-5-18/h6-15,18,24H,3-5H2,1-2H3. The molecule has 3 aromatic carbocycles. The Hall–Kier alpha value is -2.28. The fourth-order valence-corrected chi connectivity index (χ4v) is 3.62. The van der Waals surface area contributed by atoms with Gasteiger partial charge in [0.05, 0.1) is 0 Å². The number of hydrogen-bond donors (Lipinski definition) is 1. The average Bonchev–Trinajstić information content (AvgIpc) is 2.55. The highest BCUT2D eigenvalue weighted by atomic mass is 16.3. The zero-order valence-corrected chi connectivity index (χ0v) is 14.4. The maximum absolute atomic E-state index is 10.6. The molecule has 1 aliphatic rings. The summed E-state index contributed by atoms with van der Waals surface area (Å²) in [6.07, 6.45) is 3.70. The van der Waals surface area contributed by atoms with Crippen LogP contribution in [0.5, 0.6) is 5.75 Å². The molecule has 122 valence electrons. The maximum atomic E-state index is 10.6. The lowest BCUT2D eigenvalue weighted by Crippen LogP contribution is -2.08. The summed E-state index contributed by atoms with van der Waals surface area (Å²) < 4.78 is 0. The first-order valence-corrected chi connectivity index (χ1v) is 8.99. The van der Waals surface area contributed by atoms with Crippen molar-refractivity contribution >= 4 is 10.8 Å². The van der Waals surface area contributed by atoms with Gasteiger partial charge in [-0.25, -0.2) is 0 Å². The molecule has 1 aliphatic carbocycles. The van der Waals surface area contributed by atoms with Crippen LogP contribution >= 0.6 is 0 Å². The number of aromatic hydroxyl groups is 1. The maximum Gasteiger partial charge on any atom is 0.126 e. The highest BCUT2D eigenvalue weighted by molar-refractivity contribution is 5.92. The summed E-state index contributed by atoms with van der Waals surface area (Å²) >= 11 is 0. The molecule has 24 heavy (non-hydrogen) atoms. The Morgan fingerprint density at radius 3 is 2.21 bits per heavy atom. The van der Waals surface area contributed by atoms with E-state index in [0.717, 1.165) is 16.3 Å². The van der Waals surface area contributed by atoms with Gasteiger partial charge in [0.1, 0.15) is 5.75 Å². The van der Waals surface area contributed by atoms with E-state index in [9.17, 15) is 5.11 Å². The summed E-state index contributed by atoms with van der Waals surface area (Å²) in [4.78, 5) is 0. The second-order valence-corrected chi connectivity index (χ2v) is 7.34. The lowest BCUT2D eigenvalue weighted by molar-refractivity contribution is 0.395. The van der Waals surface area contributed by atoms with Gasteiger partial charge in [-0.15, -0.1) is 0 Å². The predicted molar refractivity (Wildman–Crippen MR) is 102 cm³/mol. The molecule has 0 atom stereocenters.